The molecule has 0 atom stereocenters. The van der Waals surface area contributed by atoms with Gasteiger partial charge >= 0.3 is 0 Å². The zero-order chi connectivity index (χ0) is 11.7. The molecule has 15 heavy (non-hydrogen) atoms. The fraction of sp³-hybridized carbons (Fsp3) is 0.909. The van der Waals surface area contributed by atoms with Crippen LogP contribution >= 0.6 is 22.6 Å². The Morgan fingerprint density at radius 2 is 1.67 bits per heavy atom. The predicted octanol–water partition coefficient (Wildman–Crippen LogP) is 4.14. The molecule has 0 heterocycles. The number of hydrogen-bond donors (Lipinski definition) is 0. The van der Waals surface area contributed by atoms with E-state index in [1.807, 2.05) is 0 Å². The van der Waals surface area contributed by atoms with E-state index in [1.54, 1.807) is 0 Å². The maximum atomic E-state index is 11.6. The van der Waals surface area contributed by atoms with Gasteiger partial charge in [-0.1, -0.05) is 43.4 Å². The summed E-state index contributed by atoms with van der Waals surface area (Å²) in [6.07, 6.45) is 2.70. The van der Waals surface area contributed by atoms with Gasteiger partial charge in [0, 0.05) is 6.42 Å². The van der Waals surface area contributed by atoms with Crippen LogP contribution < -0.4 is 0 Å². The van der Waals surface area contributed by atoms with Gasteiger partial charge in [0.05, 0.1) is 0 Å². The summed E-state index contributed by atoms with van der Waals surface area (Å²) in [6, 6.07) is 3.16. The van der Waals surface area contributed by atoms with Gasteiger partial charge in [0.1, 0.15) is 0 Å². The highest BCUT2D eigenvalue weighted by atomic mass is 127. The molecule has 0 rings (SSSR count). The van der Waals surface area contributed by atoms with Crippen molar-refractivity contribution in [2.75, 3.05) is 4.43 Å². The van der Waals surface area contributed by atoms with Crippen LogP contribution in [-0.2, 0) is 9.22 Å². The molecule has 0 bridgehead atoms. The van der Waals surface area contributed by atoms with Gasteiger partial charge in [-0.25, -0.2) is 0 Å². The van der Waals surface area contributed by atoms with Crippen molar-refractivity contribution in [1.29, 1.82) is 0 Å². The van der Waals surface area contributed by atoms with Gasteiger partial charge in [0.2, 0.25) is 0 Å². The molecule has 0 radical (unpaired) electrons. The van der Waals surface area contributed by atoms with Crippen LogP contribution in [0.25, 0.3) is 0 Å². The second-order valence-corrected chi connectivity index (χ2v) is 9.63. The first kappa shape index (κ1) is 15.4. The van der Waals surface area contributed by atoms with Crippen LogP contribution in [0.15, 0.2) is 0 Å². The number of hydrogen-bond acceptors (Lipinski definition) is 2. The Kier molecular flexibility index (Phi) is 8.79. The molecule has 0 saturated heterocycles. The average Bonchev–Trinajstić information content (AvgIpc) is 2.26. The molecule has 90 valence electrons. The van der Waals surface area contributed by atoms with Crippen molar-refractivity contribution in [3.63, 3.8) is 0 Å². The van der Waals surface area contributed by atoms with Crippen molar-refractivity contribution >= 4 is 36.9 Å². The van der Waals surface area contributed by atoms with Crippen LogP contribution in [0.4, 0.5) is 0 Å². The highest BCUT2D eigenvalue weighted by Gasteiger charge is 2.32. The predicted molar refractivity (Wildman–Crippen MR) is 76.0 cm³/mol. The second kappa shape index (κ2) is 8.56. The molecule has 0 spiro atoms. The van der Waals surface area contributed by atoms with E-state index >= 15 is 0 Å². The van der Waals surface area contributed by atoms with E-state index in [0.29, 0.717) is 6.42 Å². The molecule has 0 aliphatic heterocycles. The Morgan fingerprint density at radius 1 is 1.13 bits per heavy atom. The summed E-state index contributed by atoms with van der Waals surface area (Å²) in [6.45, 7) is 6.45. The molecule has 0 amide bonds. The van der Waals surface area contributed by atoms with Gasteiger partial charge in [-0.15, -0.1) is 0 Å². The van der Waals surface area contributed by atoms with Crippen LogP contribution in [0, 0.1) is 0 Å². The first-order chi connectivity index (χ1) is 7.14. The van der Waals surface area contributed by atoms with E-state index in [-0.39, 0.29) is 5.97 Å². The van der Waals surface area contributed by atoms with Gasteiger partial charge in [0.25, 0.3) is 14.3 Å². The molecular formula is C11H23IO2Si. The van der Waals surface area contributed by atoms with Crippen molar-refractivity contribution < 1.29 is 9.22 Å². The van der Waals surface area contributed by atoms with E-state index in [4.69, 9.17) is 4.43 Å². The first-order valence-corrected chi connectivity index (χ1v) is 9.97. The van der Waals surface area contributed by atoms with Crippen LogP contribution in [0.3, 0.4) is 0 Å². The second-order valence-electron chi connectivity index (χ2n) is 3.86. The molecule has 0 aliphatic rings. The summed E-state index contributed by atoms with van der Waals surface area (Å²) in [5.74, 6) is 0.0390. The lowest BCUT2D eigenvalue weighted by atomic mass is 10.3. The molecule has 0 fully saturated rings. The minimum atomic E-state index is -1.69. The van der Waals surface area contributed by atoms with Crippen LogP contribution in [-0.4, -0.2) is 18.7 Å². The fourth-order valence-electron chi connectivity index (χ4n) is 1.62. The van der Waals surface area contributed by atoms with E-state index in [9.17, 15) is 4.79 Å². The highest BCUT2D eigenvalue weighted by Crippen LogP contribution is 2.22. The van der Waals surface area contributed by atoms with Crippen LogP contribution in [0.1, 0.15) is 40.0 Å². The minimum absolute atomic E-state index is 0.0390. The monoisotopic (exact) mass is 342 g/mol. The Hall–Kier alpha value is 0.417. The molecule has 0 aliphatic carbocycles. The third-order valence-electron chi connectivity index (χ3n) is 3.03. The normalized spacial score (nSPS) is 11.5. The highest BCUT2D eigenvalue weighted by molar-refractivity contribution is 14.1. The molecule has 0 aromatic rings. The maximum Gasteiger partial charge on any atom is 0.292 e. The summed E-state index contributed by atoms with van der Waals surface area (Å²) < 4.78 is 6.86. The van der Waals surface area contributed by atoms with Crippen molar-refractivity contribution in [3.8, 4) is 0 Å². The standard InChI is InChI=1S/C11H23IO2Si/c1-4-15(5-2,6-3)14-11(13)9-7-8-10-12/h4-10H2,1-3H3. The largest absolute Gasteiger partial charge is 0.519 e. The lowest BCUT2D eigenvalue weighted by molar-refractivity contribution is -0.135. The van der Waals surface area contributed by atoms with Crippen molar-refractivity contribution in [1.82, 2.24) is 0 Å². The number of rotatable bonds is 8. The molecule has 0 aromatic carbocycles. The molecule has 0 saturated carbocycles. The number of carbonyl (C=O) groups excluding carboxylic acids is 1. The van der Waals surface area contributed by atoms with E-state index in [0.717, 1.165) is 35.4 Å². The quantitative estimate of drug-likeness (QED) is 0.287. The molecule has 2 nitrogen and oxygen atoms in total. The Balaban J connectivity index is 4.00. The number of carbonyl (C=O) groups is 1. The maximum absolute atomic E-state index is 11.6. The van der Waals surface area contributed by atoms with Gasteiger partial charge in [-0.3, -0.25) is 4.79 Å². The third-order valence-corrected chi connectivity index (χ3v) is 8.32. The molecule has 0 N–H and O–H groups in total. The van der Waals surface area contributed by atoms with Gasteiger partial charge in [-0.2, -0.15) is 0 Å². The Morgan fingerprint density at radius 3 is 2.07 bits per heavy atom. The number of halogens is 1. The molecule has 4 heteroatoms. The van der Waals surface area contributed by atoms with E-state index < -0.39 is 8.32 Å². The lowest BCUT2D eigenvalue weighted by Crippen LogP contribution is -2.38. The molecular weight excluding hydrogens is 319 g/mol. The van der Waals surface area contributed by atoms with Gasteiger partial charge in [-0.05, 0) is 35.4 Å². The fourth-order valence-corrected chi connectivity index (χ4v) is 4.68. The third kappa shape index (κ3) is 5.90. The van der Waals surface area contributed by atoms with Crippen molar-refractivity contribution in [2.24, 2.45) is 0 Å². The Bertz CT molecular complexity index is 173. The lowest BCUT2D eigenvalue weighted by Gasteiger charge is -2.27. The van der Waals surface area contributed by atoms with Gasteiger partial charge in [0.15, 0.2) is 0 Å². The smallest absolute Gasteiger partial charge is 0.292 e. The Labute approximate surface area is 108 Å². The molecule has 0 unspecified atom stereocenters. The van der Waals surface area contributed by atoms with E-state index in [1.165, 1.54) is 0 Å². The summed E-state index contributed by atoms with van der Waals surface area (Å²) in [5, 5.41) is 0. The number of alkyl halides is 1. The number of unbranched alkanes of at least 4 members (excludes halogenated alkanes) is 1. The summed E-state index contributed by atoms with van der Waals surface area (Å²) in [7, 11) is -1.69. The van der Waals surface area contributed by atoms with Crippen LogP contribution in [0.5, 0.6) is 0 Å². The summed E-state index contributed by atoms with van der Waals surface area (Å²) in [5.41, 5.74) is 0. The topological polar surface area (TPSA) is 26.3 Å². The average molecular weight is 342 g/mol. The first-order valence-electron chi connectivity index (χ1n) is 5.92. The minimum Gasteiger partial charge on any atom is -0.519 e. The van der Waals surface area contributed by atoms with E-state index in [2.05, 4.69) is 43.4 Å². The molecule has 0 aromatic heterocycles. The van der Waals surface area contributed by atoms with Gasteiger partial charge < -0.3 is 4.43 Å². The van der Waals surface area contributed by atoms with Crippen LogP contribution in [0.2, 0.25) is 18.1 Å². The summed E-state index contributed by atoms with van der Waals surface area (Å²) in [4.78, 5) is 11.6. The summed E-state index contributed by atoms with van der Waals surface area (Å²) >= 11 is 2.34. The SMILES string of the molecule is CC[Si](CC)(CC)OC(=O)CCCCI. The zero-order valence-electron chi connectivity index (χ0n) is 10.1. The zero-order valence-corrected chi connectivity index (χ0v) is 13.3. The van der Waals surface area contributed by atoms with Crippen molar-refractivity contribution in [2.45, 2.75) is 58.2 Å². The van der Waals surface area contributed by atoms with Crippen molar-refractivity contribution in [3.05, 3.63) is 0 Å².